The van der Waals surface area contributed by atoms with E-state index >= 15 is 0 Å². The molecule has 1 aromatic heterocycles. The van der Waals surface area contributed by atoms with Crippen molar-refractivity contribution < 1.29 is 26.7 Å². The summed E-state index contributed by atoms with van der Waals surface area (Å²) in [5, 5.41) is 9.99. The predicted octanol–water partition coefficient (Wildman–Crippen LogP) is 5.40. The van der Waals surface area contributed by atoms with Crippen LogP contribution < -0.4 is 4.90 Å². The number of aliphatic hydroxyl groups is 1. The maximum absolute atomic E-state index is 13.3. The normalized spacial score (nSPS) is 19.5. The highest BCUT2D eigenvalue weighted by Crippen LogP contribution is 2.39. The largest absolute Gasteiger partial charge is 0.421 e. The maximum atomic E-state index is 13.3. The van der Waals surface area contributed by atoms with Crippen molar-refractivity contribution in [1.29, 1.82) is 0 Å². The van der Waals surface area contributed by atoms with Crippen molar-refractivity contribution in [2.45, 2.75) is 35.4 Å². The van der Waals surface area contributed by atoms with Crippen molar-refractivity contribution in [1.82, 2.24) is 4.31 Å². The maximum Gasteiger partial charge on any atom is 0.421 e. The number of sulfonamides is 1. The summed E-state index contributed by atoms with van der Waals surface area (Å²) in [6.45, 7) is 1.57. The van der Waals surface area contributed by atoms with Gasteiger partial charge < -0.3 is 10.0 Å². The highest BCUT2D eigenvalue weighted by atomic mass is 79.9. The predicted molar refractivity (Wildman–Crippen MR) is 134 cm³/mol. The highest BCUT2D eigenvalue weighted by molar-refractivity contribution is 9.11. The Morgan fingerprint density at radius 3 is 2.26 bits per heavy atom. The Morgan fingerprint density at radius 2 is 1.69 bits per heavy atom. The van der Waals surface area contributed by atoms with E-state index in [2.05, 4.69) is 15.9 Å². The fraction of sp³-hybridized carbons (Fsp3) is 0.333. The van der Waals surface area contributed by atoms with Crippen LogP contribution in [0.3, 0.4) is 0 Å². The summed E-state index contributed by atoms with van der Waals surface area (Å²) >= 11 is 4.47. The van der Waals surface area contributed by atoms with Crippen LogP contribution in [0.1, 0.15) is 18.1 Å². The standard InChI is InChI=1S/C24H24BrF3N2O3S2/c1-23(31,24(26,27)28)18-7-9-19(10-8-18)30-14-13-29(35(32,33)22-12-11-21(25)34-22)16-20(30)15-17-5-3-2-4-6-17/h2-12,20,31H,13-16H2,1H3. The number of alkyl halides is 3. The molecule has 0 bridgehead atoms. The molecule has 188 valence electrons. The number of benzene rings is 2. The van der Waals surface area contributed by atoms with Gasteiger partial charge in [-0.2, -0.15) is 17.5 Å². The molecule has 5 nitrogen and oxygen atoms in total. The van der Waals surface area contributed by atoms with Crippen molar-refractivity contribution in [2.24, 2.45) is 0 Å². The van der Waals surface area contributed by atoms with Crippen molar-refractivity contribution >= 4 is 43.0 Å². The minimum absolute atomic E-state index is 0.231. The Kier molecular flexibility index (Phi) is 7.36. The van der Waals surface area contributed by atoms with Gasteiger partial charge >= 0.3 is 6.18 Å². The van der Waals surface area contributed by atoms with E-state index in [1.807, 2.05) is 35.2 Å². The molecule has 1 aliphatic heterocycles. The van der Waals surface area contributed by atoms with Crippen LogP contribution in [0.5, 0.6) is 0 Å². The number of thiophene rings is 1. The lowest BCUT2D eigenvalue weighted by Gasteiger charge is -2.42. The van der Waals surface area contributed by atoms with Gasteiger partial charge in [0, 0.05) is 31.4 Å². The van der Waals surface area contributed by atoms with Crippen LogP contribution in [-0.4, -0.2) is 49.7 Å². The second-order valence-electron chi connectivity index (χ2n) is 8.58. The first-order valence-corrected chi connectivity index (χ1v) is 13.9. The lowest BCUT2D eigenvalue weighted by Crippen LogP contribution is -2.55. The van der Waals surface area contributed by atoms with E-state index in [9.17, 15) is 26.7 Å². The summed E-state index contributed by atoms with van der Waals surface area (Å²) in [7, 11) is -3.68. The third kappa shape index (κ3) is 5.43. The lowest BCUT2D eigenvalue weighted by molar-refractivity contribution is -0.258. The summed E-state index contributed by atoms with van der Waals surface area (Å²) < 4.78 is 68.7. The molecule has 4 rings (SSSR count). The monoisotopic (exact) mass is 588 g/mol. The molecular weight excluding hydrogens is 565 g/mol. The van der Waals surface area contributed by atoms with Crippen LogP contribution in [0.25, 0.3) is 0 Å². The van der Waals surface area contributed by atoms with E-state index in [1.165, 1.54) is 16.4 Å². The molecule has 0 amide bonds. The molecule has 35 heavy (non-hydrogen) atoms. The fourth-order valence-corrected chi connectivity index (χ4v) is 7.78. The molecule has 0 saturated carbocycles. The van der Waals surface area contributed by atoms with Crippen LogP contribution in [-0.2, 0) is 22.0 Å². The van der Waals surface area contributed by atoms with Crippen molar-refractivity contribution in [3.63, 3.8) is 0 Å². The topological polar surface area (TPSA) is 60.9 Å². The second-order valence-corrected chi connectivity index (χ2v) is 13.2. The van der Waals surface area contributed by atoms with E-state index in [0.717, 1.165) is 27.6 Å². The molecule has 2 heterocycles. The quantitative estimate of drug-likeness (QED) is 0.419. The van der Waals surface area contributed by atoms with Crippen LogP contribution in [0.15, 0.2) is 74.7 Å². The Morgan fingerprint density at radius 1 is 1.03 bits per heavy atom. The first-order valence-electron chi connectivity index (χ1n) is 10.9. The Balaban J connectivity index is 1.62. The van der Waals surface area contributed by atoms with Gasteiger partial charge in [-0.05, 0) is 64.7 Å². The fourth-order valence-electron chi connectivity index (χ4n) is 4.15. The summed E-state index contributed by atoms with van der Waals surface area (Å²) in [5.41, 5.74) is -1.52. The lowest BCUT2D eigenvalue weighted by atomic mass is 9.94. The number of hydrogen-bond acceptors (Lipinski definition) is 5. The van der Waals surface area contributed by atoms with Gasteiger partial charge in [0.05, 0.1) is 3.79 Å². The first-order chi connectivity index (χ1) is 16.4. The van der Waals surface area contributed by atoms with Gasteiger partial charge in [0.1, 0.15) is 4.21 Å². The molecule has 1 aliphatic rings. The highest BCUT2D eigenvalue weighted by Gasteiger charge is 2.51. The van der Waals surface area contributed by atoms with Gasteiger partial charge in [0.25, 0.3) is 10.0 Å². The van der Waals surface area contributed by atoms with Gasteiger partial charge in [0.15, 0.2) is 5.60 Å². The van der Waals surface area contributed by atoms with E-state index in [-0.39, 0.29) is 28.9 Å². The Bertz CT molecular complexity index is 1260. The summed E-state index contributed by atoms with van der Waals surface area (Å²) in [6, 6.07) is 18.3. The van der Waals surface area contributed by atoms with E-state index in [0.29, 0.717) is 18.7 Å². The van der Waals surface area contributed by atoms with E-state index < -0.39 is 21.8 Å². The molecular formula is C24H24BrF3N2O3S2. The van der Waals surface area contributed by atoms with Gasteiger partial charge in [0.2, 0.25) is 0 Å². The SMILES string of the molecule is CC(O)(c1ccc(N2CCN(S(=O)(=O)c3ccc(Br)s3)CC2Cc2ccccc2)cc1)C(F)(F)F. The molecule has 1 saturated heterocycles. The summed E-state index contributed by atoms with van der Waals surface area (Å²) in [4.78, 5) is 2.02. The third-order valence-electron chi connectivity index (χ3n) is 6.22. The van der Waals surface area contributed by atoms with Crippen LogP contribution in [0.2, 0.25) is 0 Å². The van der Waals surface area contributed by atoms with Crippen molar-refractivity contribution in [3.05, 3.63) is 81.6 Å². The summed E-state index contributed by atoms with van der Waals surface area (Å²) in [6.07, 6.45) is -4.25. The van der Waals surface area contributed by atoms with Crippen LogP contribution in [0, 0.1) is 0 Å². The zero-order valence-electron chi connectivity index (χ0n) is 18.7. The summed E-state index contributed by atoms with van der Waals surface area (Å²) in [5.74, 6) is 0. The third-order valence-corrected chi connectivity index (χ3v) is 10.2. The molecule has 0 aliphatic carbocycles. The molecule has 1 N–H and O–H groups in total. The minimum Gasteiger partial charge on any atom is -0.376 e. The number of nitrogens with zero attached hydrogens (tertiary/aromatic N) is 2. The average molecular weight is 589 g/mol. The molecule has 0 spiro atoms. The smallest absolute Gasteiger partial charge is 0.376 e. The van der Waals surface area contributed by atoms with Crippen LogP contribution in [0.4, 0.5) is 18.9 Å². The van der Waals surface area contributed by atoms with Gasteiger partial charge in [-0.3, -0.25) is 0 Å². The molecule has 0 radical (unpaired) electrons. The van der Waals surface area contributed by atoms with Crippen molar-refractivity contribution in [2.75, 3.05) is 24.5 Å². The van der Waals surface area contributed by atoms with E-state index in [4.69, 9.17) is 0 Å². The molecule has 2 unspecified atom stereocenters. The van der Waals surface area contributed by atoms with Crippen LogP contribution >= 0.6 is 27.3 Å². The minimum atomic E-state index is -4.80. The second kappa shape index (κ2) is 9.85. The average Bonchev–Trinajstić information content (AvgIpc) is 3.26. The number of hydrogen-bond donors (Lipinski definition) is 1. The Hall–Kier alpha value is -1.92. The number of anilines is 1. The number of halogens is 4. The molecule has 3 aromatic rings. The van der Waals surface area contributed by atoms with Crippen molar-refractivity contribution in [3.8, 4) is 0 Å². The first kappa shape index (κ1) is 26.2. The number of piperazine rings is 1. The molecule has 1 fully saturated rings. The van der Waals surface area contributed by atoms with E-state index in [1.54, 1.807) is 24.3 Å². The van der Waals surface area contributed by atoms with Gasteiger partial charge in [-0.15, -0.1) is 11.3 Å². The molecule has 2 atom stereocenters. The molecule has 2 aromatic carbocycles. The van der Waals surface area contributed by atoms with Gasteiger partial charge in [-0.25, -0.2) is 8.42 Å². The Labute approximate surface area is 215 Å². The zero-order valence-corrected chi connectivity index (χ0v) is 22.0. The van der Waals surface area contributed by atoms with Gasteiger partial charge in [-0.1, -0.05) is 42.5 Å². The number of rotatable bonds is 6. The molecule has 11 heteroatoms. The zero-order chi connectivity index (χ0) is 25.4.